The van der Waals surface area contributed by atoms with Crippen LogP contribution in [0.1, 0.15) is 23.6 Å². The molecule has 0 aliphatic rings. The van der Waals surface area contributed by atoms with E-state index in [0.717, 1.165) is 11.1 Å². The van der Waals surface area contributed by atoms with Gasteiger partial charge in [-0.3, -0.25) is 0 Å². The molecule has 0 radical (unpaired) electrons. The Morgan fingerprint density at radius 3 is 2.40 bits per heavy atom. The molecule has 0 aliphatic carbocycles. The molecule has 0 amide bonds. The molecule has 0 saturated heterocycles. The van der Waals surface area contributed by atoms with Crippen LogP contribution in [0, 0.1) is 11.3 Å². The van der Waals surface area contributed by atoms with Gasteiger partial charge in [0.05, 0.1) is 28.3 Å². The molecule has 0 unspecified atom stereocenters. The molecule has 6 heteroatoms. The maximum atomic E-state index is 9.59. The van der Waals surface area contributed by atoms with Gasteiger partial charge in [-0.25, -0.2) is 0 Å². The van der Waals surface area contributed by atoms with E-state index in [1.54, 1.807) is 24.3 Å². The van der Waals surface area contributed by atoms with E-state index >= 15 is 0 Å². The van der Waals surface area contributed by atoms with Gasteiger partial charge in [-0.2, -0.15) is 5.26 Å². The van der Waals surface area contributed by atoms with Crippen LogP contribution in [0.25, 0.3) is 11.6 Å². The van der Waals surface area contributed by atoms with Crippen LogP contribution < -0.4 is 9.47 Å². The van der Waals surface area contributed by atoms with Crippen LogP contribution in [0.2, 0.25) is 15.1 Å². The number of allylic oxidation sites excluding steroid dienone is 1. The van der Waals surface area contributed by atoms with E-state index in [9.17, 15) is 5.26 Å². The Kier molecular flexibility index (Phi) is 7.65. The summed E-state index contributed by atoms with van der Waals surface area (Å²) in [6.07, 6.45) is 1.77. The molecule has 0 heterocycles. The van der Waals surface area contributed by atoms with Gasteiger partial charge >= 0.3 is 0 Å². The standard InChI is InChI=1S/C24H18Cl3NO2/c1-2-29-24-13-16(11-18(14-28)19-5-3-4-6-20(19)25)8-10-23(24)30-15-17-7-9-21(26)22(27)12-17/h3-13H,2,15H2,1H3. The van der Waals surface area contributed by atoms with Crippen molar-refractivity contribution < 1.29 is 9.47 Å². The second kappa shape index (κ2) is 10.4. The van der Waals surface area contributed by atoms with E-state index in [1.807, 2.05) is 49.4 Å². The third kappa shape index (κ3) is 5.49. The van der Waals surface area contributed by atoms with Crippen LogP contribution >= 0.6 is 34.8 Å². The summed E-state index contributed by atoms with van der Waals surface area (Å²) < 4.78 is 11.7. The summed E-state index contributed by atoms with van der Waals surface area (Å²) >= 11 is 18.3. The Balaban J connectivity index is 1.86. The summed E-state index contributed by atoms with van der Waals surface area (Å²) in [6.45, 7) is 2.69. The molecule has 3 aromatic rings. The first-order chi connectivity index (χ1) is 14.5. The zero-order valence-electron chi connectivity index (χ0n) is 16.2. The molecule has 0 bridgehead atoms. The smallest absolute Gasteiger partial charge is 0.161 e. The Morgan fingerprint density at radius 2 is 1.70 bits per heavy atom. The molecule has 0 aliphatic heterocycles. The summed E-state index contributed by atoms with van der Waals surface area (Å²) in [7, 11) is 0. The second-order valence-electron chi connectivity index (χ2n) is 6.33. The first-order valence-electron chi connectivity index (χ1n) is 9.22. The SMILES string of the molecule is CCOc1cc(C=C(C#N)c2ccccc2Cl)ccc1OCc1ccc(Cl)c(Cl)c1. The predicted octanol–water partition coefficient (Wildman–Crippen LogP) is 7.69. The number of ether oxygens (including phenoxy) is 2. The minimum atomic E-state index is 0.315. The average Bonchev–Trinajstić information content (AvgIpc) is 2.74. The highest BCUT2D eigenvalue weighted by molar-refractivity contribution is 6.42. The van der Waals surface area contributed by atoms with Gasteiger partial charge in [0.2, 0.25) is 0 Å². The lowest BCUT2D eigenvalue weighted by molar-refractivity contribution is 0.269. The summed E-state index contributed by atoms with van der Waals surface area (Å²) in [5.74, 6) is 1.18. The third-order valence-corrected chi connectivity index (χ3v) is 5.31. The van der Waals surface area contributed by atoms with Crippen molar-refractivity contribution >= 4 is 46.5 Å². The molecule has 0 fully saturated rings. The normalized spacial score (nSPS) is 11.1. The van der Waals surface area contributed by atoms with Gasteiger partial charge in [0.25, 0.3) is 0 Å². The largest absolute Gasteiger partial charge is 0.490 e. The highest BCUT2D eigenvalue weighted by Gasteiger charge is 2.10. The lowest BCUT2D eigenvalue weighted by Gasteiger charge is -2.13. The molecule has 0 aromatic heterocycles. The predicted molar refractivity (Wildman–Crippen MR) is 123 cm³/mol. The molecule has 30 heavy (non-hydrogen) atoms. The van der Waals surface area contributed by atoms with E-state index in [4.69, 9.17) is 44.3 Å². The van der Waals surface area contributed by atoms with Gasteiger partial charge in [0, 0.05) is 10.6 Å². The molecule has 0 saturated carbocycles. The molecular weight excluding hydrogens is 441 g/mol. The molecule has 0 spiro atoms. The molecule has 0 N–H and O–H groups in total. The highest BCUT2D eigenvalue weighted by atomic mass is 35.5. The van der Waals surface area contributed by atoms with Crippen molar-refractivity contribution in [1.82, 2.24) is 0 Å². The van der Waals surface area contributed by atoms with Gasteiger partial charge in [-0.1, -0.05) is 65.1 Å². The zero-order valence-corrected chi connectivity index (χ0v) is 18.4. The van der Waals surface area contributed by atoms with Gasteiger partial charge in [0.1, 0.15) is 6.61 Å². The van der Waals surface area contributed by atoms with Crippen molar-refractivity contribution in [2.45, 2.75) is 13.5 Å². The Morgan fingerprint density at radius 1 is 0.900 bits per heavy atom. The molecule has 3 aromatic carbocycles. The summed E-state index contributed by atoms with van der Waals surface area (Å²) in [5.41, 5.74) is 2.84. The fourth-order valence-electron chi connectivity index (χ4n) is 2.81. The molecule has 3 rings (SSSR count). The van der Waals surface area contributed by atoms with E-state index in [-0.39, 0.29) is 0 Å². The fraction of sp³-hybridized carbons (Fsp3) is 0.125. The number of hydrogen-bond donors (Lipinski definition) is 0. The lowest BCUT2D eigenvalue weighted by Crippen LogP contribution is -2.00. The van der Waals surface area contributed by atoms with Crippen LogP contribution in [-0.2, 0) is 6.61 Å². The van der Waals surface area contributed by atoms with Gasteiger partial charge < -0.3 is 9.47 Å². The number of benzene rings is 3. The summed E-state index contributed by atoms with van der Waals surface area (Å²) in [6, 6.07) is 20.3. The maximum absolute atomic E-state index is 9.59. The maximum Gasteiger partial charge on any atom is 0.161 e. The minimum absolute atomic E-state index is 0.315. The number of rotatable bonds is 7. The number of nitrogens with zero attached hydrogens (tertiary/aromatic N) is 1. The van der Waals surface area contributed by atoms with Crippen LogP contribution in [0.15, 0.2) is 60.7 Å². The number of hydrogen-bond acceptors (Lipinski definition) is 3. The highest BCUT2D eigenvalue weighted by Crippen LogP contribution is 2.32. The van der Waals surface area contributed by atoms with Gasteiger partial charge in [-0.15, -0.1) is 0 Å². The van der Waals surface area contributed by atoms with Crippen molar-refractivity contribution in [3.05, 3.63) is 92.4 Å². The van der Waals surface area contributed by atoms with Gasteiger partial charge in [-0.05, 0) is 54.5 Å². The van der Waals surface area contributed by atoms with E-state index in [2.05, 4.69) is 6.07 Å². The van der Waals surface area contributed by atoms with Crippen molar-refractivity contribution in [2.24, 2.45) is 0 Å². The first-order valence-corrected chi connectivity index (χ1v) is 10.4. The number of nitriles is 1. The minimum Gasteiger partial charge on any atom is -0.490 e. The third-order valence-electron chi connectivity index (χ3n) is 4.24. The van der Waals surface area contributed by atoms with Crippen LogP contribution in [0.4, 0.5) is 0 Å². The average molecular weight is 459 g/mol. The zero-order chi connectivity index (χ0) is 21.5. The van der Waals surface area contributed by atoms with Crippen LogP contribution in [0.5, 0.6) is 11.5 Å². The van der Waals surface area contributed by atoms with Crippen LogP contribution in [-0.4, -0.2) is 6.61 Å². The van der Waals surface area contributed by atoms with E-state index in [1.165, 1.54) is 0 Å². The van der Waals surface area contributed by atoms with Crippen molar-refractivity contribution in [1.29, 1.82) is 5.26 Å². The first kappa shape index (κ1) is 22.1. The van der Waals surface area contributed by atoms with Gasteiger partial charge in [0.15, 0.2) is 11.5 Å². The van der Waals surface area contributed by atoms with E-state index < -0.39 is 0 Å². The Hall–Kier alpha value is -2.64. The topological polar surface area (TPSA) is 42.2 Å². The molecular formula is C24H18Cl3NO2. The molecule has 152 valence electrons. The Labute approximate surface area is 191 Å². The summed E-state index contributed by atoms with van der Waals surface area (Å²) in [4.78, 5) is 0. The molecule has 3 nitrogen and oxygen atoms in total. The second-order valence-corrected chi connectivity index (χ2v) is 7.55. The quantitative estimate of drug-likeness (QED) is 0.269. The summed E-state index contributed by atoms with van der Waals surface area (Å²) in [5, 5.41) is 11.1. The van der Waals surface area contributed by atoms with Crippen LogP contribution in [0.3, 0.4) is 0 Å². The fourth-order valence-corrected chi connectivity index (χ4v) is 3.37. The number of halogens is 3. The van der Waals surface area contributed by atoms with E-state index in [0.29, 0.717) is 50.9 Å². The lowest BCUT2D eigenvalue weighted by atomic mass is 10.0. The van der Waals surface area contributed by atoms with Crippen molar-refractivity contribution in [3.8, 4) is 17.6 Å². The van der Waals surface area contributed by atoms with Crippen molar-refractivity contribution in [2.75, 3.05) is 6.61 Å². The molecule has 0 atom stereocenters. The monoisotopic (exact) mass is 457 g/mol. The Bertz CT molecular complexity index is 1120. The van der Waals surface area contributed by atoms with Crippen molar-refractivity contribution in [3.63, 3.8) is 0 Å².